The van der Waals surface area contributed by atoms with E-state index in [1.807, 2.05) is 0 Å². The lowest BCUT2D eigenvalue weighted by atomic mass is 9.33. The predicted octanol–water partition coefficient (Wildman–Crippen LogP) is 11.7. The lowest BCUT2D eigenvalue weighted by Gasteiger charge is -2.46. The van der Waals surface area contributed by atoms with Gasteiger partial charge in [-0.25, -0.2) is 4.98 Å². The van der Waals surface area contributed by atoms with Crippen molar-refractivity contribution < 1.29 is 0 Å². The van der Waals surface area contributed by atoms with Crippen LogP contribution in [0.2, 0.25) is 0 Å². The number of hydrogen-bond acceptors (Lipinski definition) is 3. The molecule has 2 aliphatic heterocycles. The van der Waals surface area contributed by atoms with Crippen LogP contribution in [0.5, 0.6) is 0 Å². The number of aromatic nitrogens is 1. The van der Waals surface area contributed by atoms with E-state index in [2.05, 4.69) is 192 Å². The summed E-state index contributed by atoms with van der Waals surface area (Å²) in [4.78, 5) is 10.5. The van der Waals surface area contributed by atoms with Crippen LogP contribution in [-0.4, -0.2) is 11.7 Å². The van der Waals surface area contributed by atoms with Gasteiger partial charge in [-0.2, -0.15) is 0 Å². The van der Waals surface area contributed by atoms with Crippen LogP contribution in [0.25, 0.3) is 0 Å². The highest BCUT2D eigenvalue weighted by atomic mass is 15.2. The molecule has 9 rings (SSSR count). The van der Waals surface area contributed by atoms with Crippen LogP contribution in [0.15, 0.2) is 85.1 Å². The fraction of sp³-hybridized carbons (Fsp3) is 0.431. The summed E-state index contributed by atoms with van der Waals surface area (Å²) in [7, 11) is 0. The average molecular weight is 726 g/mol. The molecule has 5 aromatic rings. The molecule has 0 fully saturated rings. The number of fused-ring (bicyclic) bond motifs is 7. The van der Waals surface area contributed by atoms with Gasteiger partial charge in [0.2, 0.25) is 0 Å². The van der Waals surface area contributed by atoms with Crippen LogP contribution in [0.3, 0.4) is 0 Å². The normalized spacial score (nSPS) is 19.4. The standard InChI is InChI=1S/C51H60BN3/c1-46(2,3)31-18-21-33(22-19-31)54-38-25-20-32(47(4,5)6)28-37(38)52-36-24-23-35-42(51(13,14)30-49(35,9)10)44(36)55(40-26-27-53-45(54)43(40)52)39-17-15-16-34-41(39)50(11,12)29-48(34,7)8/h15-28H,29-30H2,1-14H3. The zero-order chi connectivity index (χ0) is 39.4. The van der Waals surface area contributed by atoms with Crippen molar-refractivity contribution in [1.82, 2.24) is 4.98 Å². The highest BCUT2D eigenvalue weighted by molar-refractivity contribution is 7.00. The summed E-state index contributed by atoms with van der Waals surface area (Å²) in [5.41, 5.74) is 19.3. The second-order valence-corrected chi connectivity index (χ2v) is 22.0. The molecule has 3 heterocycles. The second-order valence-electron chi connectivity index (χ2n) is 22.0. The number of hydrogen-bond donors (Lipinski definition) is 0. The van der Waals surface area contributed by atoms with Crippen LogP contribution in [0, 0.1) is 0 Å². The fourth-order valence-corrected chi connectivity index (χ4v) is 11.8. The summed E-state index contributed by atoms with van der Waals surface area (Å²) in [5.74, 6) is 1.03. The molecule has 0 saturated carbocycles. The Morgan fingerprint density at radius 3 is 1.78 bits per heavy atom. The van der Waals surface area contributed by atoms with Crippen molar-refractivity contribution >= 4 is 57.4 Å². The van der Waals surface area contributed by atoms with Gasteiger partial charge in [0.25, 0.3) is 6.71 Å². The molecule has 0 saturated heterocycles. The lowest BCUT2D eigenvalue weighted by molar-refractivity contribution is 0.403. The van der Waals surface area contributed by atoms with Crippen molar-refractivity contribution in [3.63, 3.8) is 0 Å². The minimum absolute atomic E-state index is 0.00270. The van der Waals surface area contributed by atoms with Gasteiger partial charge in [0.05, 0.1) is 5.69 Å². The SMILES string of the molecule is CC(C)(C)c1ccc(N2c3ccc(C(C)(C)C)cc3B3c4ccc5c(c4N(c4cccc6c4C(C)(C)CC6(C)C)c4ccnc2c43)C(C)(C)CC5(C)C)cc1. The minimum Gasteiger partial charge on any atom is -0.311 e. The van der Waals surface area contributed by atoms with Gasteiger partial charge < -0.3 is 4.90 Å². The first-order valence-electron chi connectivity index (χ1n) is 20.7. The molecule has 4 aliphatic rings. The first-order valence-corrected chi connectivity index (χ1v) is 20.7. The molecule has 3 nitrogen and oxygen atoms in total. The van der Waals surface area contributed by atoms with E-state index < -0.39 is 0 Å². The molecule has 0 radical (unpaired) electrons. The Balaban J connectivity index is 1.41. The van der Waals surface area contributed by atoms with Crippen molar-refractivity contribution in [1.29, 1.82) is 0 Å². The molecular formula is C51H60BN3. The fourth-order valence-electron chi connectivity index (χ4n) is 11.8. The van der Waals surface area contributed by atoms with Gasteiger partial charge in [0.15, 0.2) is 0 Å². The Hall–Kier alpha value is -4.31. The molecule has 2 aliphatic carbocycles. The number of rotatable bonds is 2. The molecule has 0 amide bonds. The Morgan fingerprint density at radius 2 is 1.15 bits per heavy atom. The van der Waals surface area contributed by atoms with E-state index in [0.29, 0.717) is 0 Å². The Bertz CT molecular complexity index is 2410. The number of anilines is 6. The van der Waals surface area contributed by atoms with Crippen molar-refractivity contribution in [3.8, 4) is 0 Å². The van der Waals surface area contributed by atoms with Crippen molar-refractivity contribution in [2.75, 3.05) is 9.80 Å². The monoisotopic (exact) mass is 725 g/mol. The Labute approximate surface area is 331 Å². The van der Waals surface area contributed by atoms with E-state index >= 15 is 0 Å². The smallest absolute Gasteiger partial charge is 0.254 e. The number of pyridine rings is 1. The molecule has 0 spiro atoms. The summed E-state index contributed by atoms with van der Waals surface area (Å²) in [6.07, 6.45) is 4.31. The van der Waals surface area contributed by atoms with Gasteiger partial charge in [-0.3, -0.25) is 4.90 Å². The molecular weight excluding hydrogens is 665 g/mol. The van der Waals surface area contributed by atoms with E-state index in [0.717, 1.165) is 24.3 Å². The van der Waals surface area contributed by atoms with Gasteiger partial charge in [0.1, 0.15) is 5.82 Å². The molecule has 0 unspecified atom stereocenters. The summed E-state index contributed by atoms with van der Waals surface area (Å²) in [6.45, 7) is 33.6. The Kier molecular flexibility index (Phi) is 7.38. The highest BCUT2D eigenvalue weighted by Gasteiger charge is 2.52. The maximum atomic E-state index is 5.36. The maximum Gasteiger partial charge on any atom is 0.254 e. The third kappa shape index (κ3) is 5.18. The van der Waals surface area contributed by atoms with Gasteiger partial charge in [-0.1, -0.05) is 145 Å². The molecule has 1 aromatic heterocycles. The van der Waals surface area contributed by atoms with Gasteiger partial charge in [-0.05, 0) is 125 Å². The second kappa shape index (κ2) is 11.2. The van der Waals surface area contributed by atoms with Crippen molar-refractivity contribution in [2.45, 2.75) is 142 Å². The molecule has 55 heavy (non-hydrogen) atoms. The zero-order valence-corrected chi connectivity index (χ0v) is 35.9. The largest absolute Gasteiger partial charge is 0.311 e. The van der Waals surface area contributed by atoms with E-state index in [-0.39, 0.29) is 39.2 Å². The first-order chi connectivity index (χ1) is 25.5. The molecule has 4 heteroatoms. The molecule has 4 aromatic carbocycles. The van der Waals surface area contributed by atoms with E-state index in [1.165, 1.54) is 72.5 Å². The van der Waals surface area contributed by atoms with E-state index in [9.17, 15) is 0 Å². The Morgan fingerprint density at radius 1 is 0.545 bits per heavy atom. The number of benzene rings is 4. The van der Waals surface area contributed by atoms with Crippen LogP contribution in [-0.2, 0) is 32.5 Å². The highest BCUT2D eigenvalue weighted by Crippen LogP contribution is 2.59. The van der Waals surface area contributed by atoms with Crippen molar-refractivity contribution in [3.05, 3.63) is 118 Å². The molecule has 282 valence electrons. The first kappa shape index (κ1) is 36.3. The predicted molar refractivity (Wildman–Crippen MR) is 237 cm³/mol. The van der Waals surface area contributed by atoms with E-state index in [4.69, 9.17) is 4.98 Å². The van der Waals surface area contributed by atoms with Gasteiger partial charge >= 0.3 is 0 Å². The molecule has 0 bridgehead atoms. The van der Waals surface area contributed by atoms with Crippen LogP contribution >= 0.6 is 0 Å². The average Bonchev–Trinajstić information content (AvgIpc) is 3.41. The maximum absolute atomic E-state index is 5.36. The summed E-state index contributed by atoms with van der Waals surface area (Å²) in [5, 5.41) is 0. The zero-order valence-electron chi connectivity index (χ0n) is 35.9. The summed E-state index contributed by atoms with van der Waals surface area (Å²) < 4.78 is 0. The van der Waals surface area contributed by atoms with Gasteiger partial charge in [-0.15, -0.1) is 0 Å². The third-order valence-electron chi connectivity index (χ3n) is 13.7. The minimum atomic E-state index is -0.00583. The third-order valence-corrected chi connectivity index (χ3v) is 13.7. The summed E-state index contributed by atoms with van der Waals surface area (Å²) in [6, 6.07) is 31.0. The van der Waals surface area contributed by atoms with Crippen molar-refractivity contribution in [2.24, 2.45) is 0 Å². The lowest BCUT2D eigenvalue weighted by Crippen LogP contribution is -2.62. The quantitative estimate of drug-likeness (QED) is 0.165. The van der Waals surface area contributed by atoms with Crippen LogP contribution in [0.4, 0.5) is 34.3 Å². The van der Waals surface area contributed by atoms with E-state index in [1.54, 1.807) is 0 Å². The molecule has 0 atom stereocenters. The van der Waals surface area contributed by atoms with Crippen LogP contribution in [0.1, 0.15) is 143 Å². The van der Waals surface area contributed by atoms with Crippen LogP contribution < -0.4 is 26.2 Å². The summed E-state index contributed by atoms with van der Waals surface area (Å²) >= 11 is 0. The van der Waals surface area contributed by atoms with Gasteiger partial charge in [0, 0.05) is 28.9 Å². The molecule has 0 N–H and O–H groups in total. The number of nitrogens with zero attached hydrogens (tertiary/aromatic N) is 3. The topological polar surface area (TPSA) is 19.4 Å².